The summed E-state index contributed by atoms with van der Waals surface area (Å²) in [7, 11) is -3.07. The molecule has 0 aliphatic carbocycles. The highest BCUT2D eigenvalue weighted by Crippen LogP contribution is 2.24. The minimum Gasteiger partial charge on any atom is -0.441 e. The maximum absolute atomic E-state index is 12.1. The monoisotopic (exact) mass is 320 g/mol. The fourth-order valence-electron chi connectivity index (χ4n) is 2.46. The second-order valence-electron chi connectivity index (χ2n) is 5.45. The quantitative estimate of drug-likeness (QED) is 0.934. The minimum absolute atomic E-state index is 0.0720. The van der Waals surface area contributed by atoms with Crippen LogP contribution in [0.2, 0.25) is 0 Å². The van der Waals surface area contributed by atoms with Gasteiger partial charge in [0.05, 0.1) is 23.6 Å². The highest BCUT2D eigenvalue weighted by Gasteiger charge is 2.32. The molecule has 1 aliphatic rings. The van der Waals surface area contributed by atoms with Crippen LogP contribution in [0, 0.1) is 12.8 Å². The Morgan fingerprint density at radius 3 is 2.86 bits per heavy atom. The van der Waals surface area contributed by atoms with E-state index in [1.165, 1.54) is 0 Å². The Morgan fingerprint density at radius 2 is 2.23 bits per heavy atom. The van der Waals surface area contributed by atoms with Crippen molar-refractivity contribution in [1.29, 1.82) is 0 Å². The van der Waals surface area contributed by atoms with Crippen LogP contribution >= 0.6 is 0 Å². The highest BCUT2D eigenvalue weighted by atomic mass is 32.2. The molecule has 1 aliphatic heterocycles. The SMILES string of the molecule is Cc1cnc(-c2cccc(NC(=O)[C@@H]3CCS(=O)(=O)C3)c2)o1. The van der Waals surface area contributed by atoms with E-state index in [0.29, 0.717) is 23.8 Å². The molecule has 3 rings (SSSR count). The zero-order valence-electron chi connectivity index (χ0n) is 12.1. The number of carbonyl (C=O) groups excluding carboxylic acids is 1. The molecule has 1 fully saturated rings. The molecule has 0 unspecified atom stereocenters. The van der Waals surface area contributed by atoms with E-state index in [-0.39, 0.29) is 17.4 Å². The predicted molar refractivity (Wildman–Crippen MR) is 82.1 cm³/mol. The number of rotatable bonds is 3. The summed E-state index contributed by atoms with van der Waals surface area (Å²) in [6.07, 6.45) is 2.01. The number of anilines is 1. The van der Waals surface area contributed by atoms with Crippen LogP contribution in [-0.2, 0) is 14.6 Å². The summed E-state index contributed by atoms with van der Waals surface area (Å²) in [5.41, 5.74) is 1.35. The maximum Gasteiger partial charge on any atom is 0.228 e. The first-order valence-corrected chi connectivity index (χ1v) is 8.79. The van der Waals surface area contributed by atoms with Crippen molar-refractivity contribution in [3.8, 4) is 11.5 Å². The van der Waals surface area contributed by atoms with Gasteiger partial charge in [0.1, 0.15) is 5.76 Å². The third-order valence-corrected chi connectivity index (χ3v) is 5.37. The van der Waals surface area contributed by atoms with Crippen molar-refractivity contribution in [2.45, 2.75) is 13.3 Å². The number of aryl methyl sites for hydroxylation is 1. The summed E-state index contributed by atoms with van der Waals surface area (Å²) < 4.78 is 28.3. The van der Waals surface area contributed by atoms with Crippen LogP contribution < -0.4 is 5.32 Å². The molecule has 2 aromatic rings. The van der Waals surface area contributed by atoms with Gasteiger partial charge >= 0.3 is 0 Å². The van der Waals surface area contributed by atoms with E-state index in [2.05, 4.69) is 10.3 Å². The fourth-order valence-corrected chi connectivity index (χ4v) is 4.21. The van der Waals surface area contributed by atoms with Crippen LogP contribution in [0.1, 0.15) is 12.2 Å². The second-order valence-corrected chi connectivity index (χ2v) is 7.67. The van der Waals surface area contributed by atoms with Crippen LogP contribution in [-0.4, -0.2) is 30.8 Å². The van der Waals surface area contributed by atoms with Crippen molar-refractivity contribution in [3.63, 3.8) is 0 Å². The van der Waals surface area contributed by atoms with Crippen molar-refractivity contribution in [1.82, 2.24) is 4.98 Å². The molecule has 1 aromatic heterocycles. The zero-order chi connectivity index (χ0) is 15.7. The van der Waals surface area contributed by atoms with E-state index in [1.54, 1.807) is 24.4 Å². The summed E-state index contributed by atoms with van der Waals surface area (Å²) in [6.45, 7) is 1.81. The molecule has 1 amide bonds. The van der Waals surface area contributed by atoms with Crippen molar-refractivity contribution in [3.05, 3.63) is 36.2 Å². The minimum atomic E-state index is -3.07. The van der Waals surface area contributed by atoms with Crippen molar-refractivity contribution >= 4 is 21.4 Å². The Hall–Kier alpha value is -2.15. The van der Waals surface area contributed by atoms with Gasteiger partial charge in [-0.05, 0) is 31.5 Å². The topological polar surface area (TPSA) is 89.3 Å². The summed E-state index contributed by atoms with van der Waals surface area (Å²) >= 11 is 0. The third kappa shape index (κ3) is 3.19. The molecule has 0 bridgehead atoms. The average Bonchev–Trinajstić information content (AvgIpc) is 3.05. The standard InChI is InChI=1S/C15H16N2O4S/c1-10-8-16-15(21-10)11-3-2-4-13(7-11)17-14(18)12-5-6-22(19,20)9-12/h2-4,7-8,12H,5-6,9H2,1H3,(H,17,18)/t12-/m1/s1. The van der Waals surface area contributed by atoms with Gasteiger partial charge in [-0.2, -0.15) is 0 Å². The number of hydrogen-bond donors (Lipinski definition) is 1. The number of sulfone groups is 1. The Labute approximate surface area is 128 Å². The zero-order valence-corrected chi connectivity index (χ0v) is 12.9. The fraction of sp³-hybridized carbons (Fsp3) is 0.333. The van der Waals surface area contributed by atoms with Gasteiger partial charge in [-0.15, -0.1) is 0 Å². The lowest BCUT2D eigenvalue weighted by atomic mass is 10.1. The van der Waals surface area contributed by atoms with Gasteiger partial charge in [-0.1, -0.05) is 6.07 Å². The van der Waals surface area contributed by atoms with Crippen molar-refractivity contribution < 1.29 is 17.6 Å². The number of amides is 1. The van der Waals surface area contributed by atoms with Gasteiger partial charge in [0, 0.05) is 11.3 Å². The Bertz CT molecular complexity index is 810. The molecule has 22 heavy (non-hydrogen) atoms. The number of oxazole rings is 1. The average molecular weight is 320 g/mol. The number of benzene rings is 1. The van der Waals surface area contributed by atoms with Gasteiger partial charge in [0.15, 0.2) is 9.84 Å². The van der Waals surface area contributed by atoms with Crippen LogP contribution in [0.4, 0.5) is 5.69 Å². The third-order valence-electron chi connectivity index (χ3n) is 3.60. The van der Waals surface area contributed by atoms with E-state index in [9.17, 15) is 13.2 Å². The number of hydrogen-bond acceptors (Lipinski definition) is 5. The number of nitrogens with zero attached hydrogens (tertiary/aromatic N) is 1. The van der Waals surface area contributed by atoms with Crippen LogP contribution in [0.25, 0.3) is 11.5 Å². The Morgan fingerprint density at radius 1 is 1.41 bits per heavy atom. The first kappa shape index (κ1) is 14.8. The van der Waals surface area contributed by atoms with Gasteiger partial charge in [-0.3, -0.25) is 4.79 Å². The summed E-state index contributed by atoms with van der Waals surface area (Å²) in [4.78, 5) is 16.3. The van der Waals surface area contributed by atoms with Crippen LogP contribution in [0.3, 0.4) is 0 Å². The first-order chi connectivity index (χ1) is 10.4. The predicted octanol–water partition coefficient (Wildman–Crippen LogP) is 2.02. The maximum atomic E-state index is 12.1. The molecule has 1 saturated heterocycles. The second kappa shape index (κ2) is 5.57. The molecule has 1 aromatic carbocycles. The van der Waals surface area contributed by atoms with Gasteiger partial charge in [0.25, 0.3) is 0 Å². The normalized spacial score (nSPS) is 20.0. The van der Waals surface area contributed by atoms with Crippen LogP contribution in [0.15, 0.2) is 34.9 Å². The number of carbonyl (C=O) groups is 1. The van der Waals surface area contributed by atoms with Gasteiger partial charge in [-0.25, -0.2) is 13.4 Å². The van der Waals surface area contributed by atoms with E-state index >= 15 is 0 Å². The molecule has 2 heterocycles. The van der Waals surface area contributed by atoms with E-state index in [4.69, 9.17) is 4.42 Å². The Balaban J connectivity index is 1.74. The molecule has 1 atom stereocenters. The number of nitrogens with one attached hydrogen (secondary N) is 1. The lowest BCUT2D eigenvalue weighted by Crippen LogP contribution is -2.23. The largest absolute Gasteiger partial charge is 0.441 e. The van der Waals surface area contributed by atoms with Gasteiger partial charge < -0.3 is 9.73 Å². The molecular weight excluding hydrogens is 304 g/mol. The summed E-state index contributed by atoms with van der Waals surface area (Å²) in [5, 5.41) is 2.77. The first-order valence-electron chi connectivity index (χ1n) is 6.97. The molecular formula is C15H16N2O4S. The molecule has 1 N–H and O–H groups in total. The van der Waals surface area contributed by atoms with Crippen molar-refractivity contribution in [2.75, 3.05) is 16.8 Å². The number of aromatic nitrogens is 1. The summed E-state index contributed by atoms with van der Waals surface area (Å²) in [6, 6.07) is 7.13. The van der Waals surface area contributed by atoms with Gasteiger partial charge in [0.2, 0.25) is 11.8 Å². The highest BCUT2D eigenvalue weighted by molar-refractivity contribution is 7.91. The van der Waals surface area contributed by atoms with E-state index < -0.39 is 15.8 Å². The molecule has 116 valence electrons. The smallest absolute Gasteiger partial charge is 0.228 e. The van der Waals surface area contributed by atoms with E-state index in [1.807, 2.05) is 13.0 Å². The van der Waals surface area contributed by atoms with E-state index in [0.717, 1.165) is 5.56 Å². The molecule has 7 heteroatoms. The molecule has 0 radical (unpaired) electrons. The van der Waals surface area contributed by atoms with Crippen LogP contribution in [0.5, 0.6) is 0 Å². The Kier molecular flexibility index (Phi) is 3.74. The lowest BCUT2D eigenvalue weighted by molar-refractivity contribution is -0.119. The molecule has 6 nitrogen and oxygen atoms in total. The lowest BCUT2D eigenvalue weighted by Gasteiger charge is -2.10. The molecule has 0 spiro atoms. The van der Waals surface area contributed by atoms with Crippen molar-refractivity contribution in [2.24, 2.45) is 5.92 Å². The summed E-state index contributed by atoms with van der Waals surface area (Å²) in [5.74, 6) is 0.468. The molecule has 0 saturated carbocycles.